The Morgan fingerprint density at radius 3 is 2.18 bits per heavy atom. The lowest BCUT2D eigenvalue weighted by atomic mass is 9.91. The van der Waals surface area contributed by atoms with E-state index in [9.17, 15) is 29.4 Å². The van der Waals surface area contributed by atoms with Gasteiger partial charge in [0.05, 0.1) is 11.6 Å². The quantitative estimate of drug-likeness (QED) is 0.154. The first-order valence-electron chi connectivity index (χ1n) is 15.0. The highest BCUT2D eigenvalue weighted by Gasteiger charge is 2.38. The second kappa shape index (κ2) is 13.8. The number of carboxylic acid groups (broad SMARTS) is 2. The topological polar surface area (TPSA) is 161 Å². The fourth-order valence-electron chi connectivity index (χ4n) is 6.64. The number of hydrogen-bond acceptors (Lipinski definition) is 7. The van der Waals surface area contributed by atoms with E-state index in [4.69, 9.17) is 0 Å². The Balaban J connectivity index is 1.75. The van der Waals surface area contributed by atoms with Crippen LogP contribution in [0.15, 0.2) is 45.2 Å². The summed E-state index contributed by atoms with van der Waals surface area (Å²) in [6.45, 7) is 13.4. The number of allylic oxidation sites excluding steroid dienone is 2. The lowest BCUT2D eigenvalue weighted by molar-refractivity contribution is -0.138. The van der Waals surface area contributed by atoms with E-state index in [1.165, 1.54) is 0 Å². The highest BCUT2D eigenvalue weighted by molar-refractivity contribution is 7.84. The van der Waals surface area contributed by atoms with Crippen LogP contribution in [0.25, 0.3) is 12.2 Å². The summed E-state index contributed by atoms with van der Waals surface area (Å²) in [4.78, 5) is 52.1. The van der Waals surface area contributed by atoms with Crippen LogP contribution >= 0.6 is 25.3 Å². The molecule has 1 unspecified atom stereocenters. The summed E-state index contributed by atoms with van der Waals surface area (Å²) in [5.41, 5.74) is 7.83. The van der Waals surface area contributed by atoms with Crippen molar-refractivity contribution in [3.05, 3.63) is 67.7 Å². The minimum absolute atomic E-state index is 0.0602. The third-order valence-corrected chi connectivity index (χ3v) is 9.72. The number of carbonyl (C=O) groups excluding carboxylic acids is 2. The Morgan fingerprint density at radius 1 is 0.978 bits per heavy atom. The molecule has 4 heterocycles. The van der Waals surface area contributed by atoms with E-state index < -0.39 is 11.9 Å². The number of aliphatic carboxylic acids is 2. The number of carbonyl (C=O) groups is 4. The van der Waals surface area contributed by atoms with E-state index >= 15 is 0 Å². The van der Waals surface area contributed by atoms with Gasteiger partial charge in [0.25, 0.3) is 5.91 Å². The summed E-state index contributed by atoms with van der Waals surface area (Å²) in [7, 11) is 0. The minimum Gasteiger partial charge on any atom is -0.481 e. The Hall–Kier alpha value is -3.64. The van der Waals surface area contributed by atoms with Crippen LogP contribution in [0.3, 0.4) is 0 Å². The SMILES string of the molecule is C=C(S)C1=C(C)[C@@H](CC2N/C(=C/c3[nH]c(/C=C4\NC(=O)[C@H](C)[C@H]4[C@H](C)S)c(C)c3CCC(=O)O)C(CCC(=O)O)=C2C)NC1=O. The zero-order valence-corrected chi connectivity index (χ0v) is 28.0. The molecule has 12 heteroatoms. The van der Waals surface area contributed by atoms with Crippen LogP contribution in [0, 0.1) is 18.8 Å². The third kappa shape index (κ3) is 7.27. The smallest absolute Gasteiger partial charge is 0.303 e. The van der Waals surface area contributed by atoms with Gasteiger partial charge in [-0.25, -0.2) is 0 Å². The summed E-state index contributed by atoms with van der Waals surface area (Å²) in [5, 5.41) is 28.4. The number of rotatable bonds is 12. The zero-order chi connectivity index (χ0) is 33.3. The fraction of sp³-hybridized carbons (Fsp3) is 0.455. The number of amides is 2. The van der Waals surface area contributed by atoms with E-state index in [0.717, 1.165) is 44.9 Å². The van der Waals surface area contributed by atoms with Gasteiger partial charge in [0.2, 0.25) is 5.91 Å². The lowest BCUT2D eigenvalue weighted by Crippen LogP contribution is -2.36. The highest BCUT2D eigenvalue weighted by atomic mass is 32.1. The molecule has 6 N–H and O–H groups in total. The molecule has 0 bridgehead atoms. The maximum atomic E-state index is 12.6. The number of nitrogens with one attached hydrogen (secondary N) is 4. The second-order valence-corrected chi connectivity index (χ2v) is 13.5. The Bertz CT molecular complexity index is 1580. The van der Waals surface area contributed by atoms with Crippen LogP contribution in [-0.2, 0) is 25.6 Å². The van der Waals surface area contributed by atoms with Crippen molar-refractivity contribution in [2.75, 3.05) is 0 Å². The van der Waals surface area contributed by atoms with E-state index in [-0.39, 0.29) is 60.2 Å². The number of carboxylic acids is 2. The molecule has 4 rings (SSSR count). The molecule has 1 aromatic heterocycles. The Labute approximate surface area is 274 Å². The molecule has 3 aliphatic heterocycles. The van der Waals surface area contributed by atoms with Gasteiger partial charge < -0.3 is 31.1 Å². The monoisotopic (exact) mass is 654 g/mol. The molecule has 242 valence electrons. The first-order chi connectivity index (χ1) is 21.1. The van der Waals surface area contributed by atoms with E-state index in [1.807, 2.05) is 46.8 Å². The van der Waals surface area contributed by atoms with Gasteiger partial charge in [-0.15, -0.1) is 12.6 Å². The minimum atomic E-state index is -0.919. The van der Waals surface area contributed by atoms with Crippen molar-refractivity contribution < 1.29 is 29.4 Å². The molecule has 0 saturated carbocycles. The molecule has 0 aliphatic carbocycles. The normalized spacial score (nSPS) is 25.7. The zero-order valence-electron chi connectivity index (χ0n) is 26.2. The number of aromatic nitrogens is 1. The predicted octanol–water partition coefficient (Wildman–Crippen LogP) is 4.52. The van der Waals surface area contributed by atoms with Crippen LogP contribution in [0.4, 0.5) is 0 Å². The van der Waals surface area contributed by atoms with Crippen molar-refractivity contribution in [1.29, 1.82) is 0 Å². The van der Waals surface area contributed by atoms with Gasteiger partial charge >= 0.3 is 11.9 Å². The Morgan fingerprint density at radius 2 is 1.60 bits per heavy atom. The van der Waals surface area contributed by atoms with Gasteiger partial charge in [-0.3, -0.25) is 19.2 Å². The van der Waals surface area contributed by atoms with Crippen LogP contribution in [0.1, 0.15) is 75.9 Å². The maximum Gasteiger partial charge on any atom is 0.303 e. The highest BCUT2D eigenvalue weighted by Crippen LogP contribution is 2.37. The molecule has 3 aliphatic rings. The van der Waals surface area contributed by atoms with Crippen molar-refractivity contribution >= 4 is 61.2 Å². The first kappa shape index (κ1) is 34.2. The molecule has 0 aromatic carbocycles. The molecule has 0 radical (unpaired) electrons. The fourth-order valence-corrected chi connectivity index (χ4v) is 7.33. The number of hydrogen-bond donors (Lipinski definition) is 8. The average Bonchev–Trinajstić information content (AvgIpc) is 3.59. The number of thiol groups is 2. The molecule has 0 spiro atoms. The van der Waals surface area contributed by atoms with Gasteiger partial charge in [0, 0.05) is 63.7 Å². The molecule has 1 fully saturated rings. The molecule has 1 aromatic rings. The van der Waals surface area contributed by atoms with Crippen LogP contribution < -0.4 is 16.0 Å². The number of H-pyrrole nitrogens is 1. The summed E-state index contributed by atoms with van der Waals surface area (Å²) in [6, 6.07) is -0.423. The largest absolute Gasteiger partial charge is 0.481 e. The molecule has 1 saturated heterocycles. The summed E-state index contributed by atoms with van der Waals surface area (Å²) < 4.78 is 0. The van der Waals surface area contributed by atoms with Gasteiger partial charge in [-0.2, -0.15) is 12.6 Å². The van der Waals surface area contributed by atoms with Gasteiger partial charge in [0.15, 0.2) is 0 Å². The van der Waals surface area contributed by atoms with Crippen LogP contribution in [0.5, 0.6) is 0 Å². The standard InChI is InChI=1S/C33H42N4O6S2/c1-14-20(7-9-28(38)39)25(34-22(14)11-24-16(3)31(19(6)45)33(43)36-24)13-26-21(8-10-29(40)41)15(2)23(35-26)12-27-30(18(5)44)17(4)32(42)37-27/h12-13,17-18,22,24,30,34-35,44-45H,6-11H2,1-5H3,(H,36,43)(H,37,42)(H,38,39)(H,40,41)/b25-13+,27-12-/t17-,18+,22?,24-,30+/m1/s1. The molecule has 10 nitrogen and oxygen atoms in total. The first-order valence-corrected chi connectivity index (χ1v) is 16.0. The van der Waals surface area contributed by atoms with Crippen molar-refractivity contribution in [2.24, 2.45) is 11.8 Å². The van der Waals surface area contributed by atoms with Crippen LogP contribution in [0.2, 0.25) is 0 Å². The predicted molar refractivity (Wildman–Crippen MR) is 181 cm³/mol. The lowest BCUT2D eigenvalue weighted by Gasteiger charge is -2.20. The van der Waals surface area contributed by atoms with Crippen molar-refractivity contribution in [2.45, 2.75) is 84.1 Å². The molecule has 2 amide bonds. The third-order valence-electron chi connectivity index (χ3n) is 9.18. The van der Waals surface area contributed by atoms with E-state index in [2.05, 4.69) is 52.8 Å². The molecule has 5 atom stereocenters. The van der Waals surface area contributed by atoms with Crippen LogP contribution in [-0.4, -0.2) is 56.3 Å². The molecule has 45 heavy (non-hydrogen) atoms. The van der Waals surface area contributed by atoms with Crippen molar-refractivity contribution in [3.8, 4) is 0 Å². The van der Waals surface area contributed by atoms with E-state index in [0.29, 0.717) is 29.0 Å². The Kier molecular flexibility index (Phi) is 10.5. The average molecular weight is 655 g/mol. The van der Waals surface area contributed by atoms with Crippen molar-refractivity contribution in [3.63, 3.8) is 0 Å². The summed E-state index contributed by atoms with van der Waals surface area (Å²) >= 11 is 8.91. The summed E-state index contributed by atoms with van der Waals surface area (Å²) in [5.74, 6) is -2.45. The second-order valence-electron chi connectivity index (χ2n) is 12.2. The van der Waals surface area contributed by atoms with Crippen molar-refractivity contribution in [1.82, 2.24) is 20.9 Å². The van der Waals surface area contributed by atoms with Gasteiger partial charge in [0.1, 0.15) is 0 Å². The van der Waals surface area contributed by atoms with E-state index in [1.54, 1.807) is 0 Å². The summed E-state index contributed by atoms with van der Waals surface area (Å²) in [6.07, 6.45) is 4.80. The number of aromatic amines is 1. The molecular formula is C33H42N4O6S2. The molecular weight excluding hydrogens is 613 g/mol. The maximum absolute atomic E-state index is 12.6. The van der Waals surface area contributed by atoms with Gasteiger partial charge in [-0.05, 0) is 80.0 Å². The van der Waals surface area contributed by atoms with Gasteiger partial charge in [-0.1, -0.05) is 20.4 Å².